The van der Waals surface area contributed by atoms with Crippen molar-refractivity contribution in [3.05, 3.63) is 85.1 Å². The van der Waals surface area contributed by atoms with E-state index in [1.54, 1.807) is 0 Å². The summed E-state index contributed by atoms with van der Waals surface area (Å²) in [4.78, 5) is 38.1. The average Bonchev–Trinajstić information content (AvgIpc) is 3.40. The van der Waals surface area contributed by atoms with E-state index in [1.807, 2.05) is 0 Å². The van der Waals surface area contributed by atoms with E-state index in [4.69, 9.17) is 14.2 Å². The summed E-state index contributed by atoms with van der Waals surface area (Å²) < 4.78 is 16.8. The van der Waals surface area contributed by atoms with E-state index in [-0.39, 0.29) is 31.1 Å². The van der Waals surface area contributed by atoms with Gasteiger partial charge in [0.05, 0.1) is 0 Å². The normalized spacial score (nSPS) is 12.6. The van der Waals surface area contributed by atoms with Crippen molar-refractivity contribution in [2.75, 3.05) is 13.2 Å². The maximum Gasteiger partial charge on any atom is 0.306 e. The standard InChI is InChI=1S/C68H118O6/c1-4-7-10-13-16-19-21-23-25-27-29-31-32-33-34-35-36-38-39-41-43-45-47-49-52-55-58-61-67(70)73-64-65(63-72-66(69)60-57-54-51-18-15-12-9-6-3)74-68(71)62-59-56-53-50-48-46-44-42-40-37-30-28-26-24-22-20-17-14-11-8-5-2/h8,11,17,20-21,23-24,26-27,29-30,37,42,44,65H,4-7,9-10,12-16,18-19,22,25,28,31-36,38-41,43,45-64H2,1-3H3/b11-8-,20-17-,23-21-,26-24-,29-27-,37-30-,44-42-. The van der Waals surface area contributed by atoms with Crippen LogP contribution in [-0.4, -0.2) is 37.2 Å². The van der Waals surface area contributed by atoms with Crippen LogP contribution in [0.1, 0.15) is 310 Å². The zero-order valence-electron chi connectivity index (χ0n) is 48.8. The molecule has 0 aliphatic heterocycles. The number of carbonyl (C=O) groups excluding carboxylic acids is 3. The molecule has 6 nitrogen and oxygen atoms in total. The van der Waals surface area contributed by atoms with E-state index in [0.29, 0.717) is 19.3 Å². The molecule has 0 aliphatic rings. The maximum absolute atomic E-state index is 12.9. The van der Waals surface area contributed by atoms with Crippen LogP contribution >= 0.6 is 0 Å². The van der Waals surface area contributed by atoms with Gasteiger partial charge < -0.3 is 14.2 Å². The van der Waals surface area contributed by atoms with Crippen LogP contribution in [0.3, 0.4) is 0 Å². The quantitative estimate of drug-likeness (QED) is 0.0261. The van der Waals surface area contributed by atoms with E-state index >= 15 is 0 Å². The third-order valence-electron chi connectivity index (χ3n) is 13.6. The highest BCUT2D eigenvalue weighted by Crippen LogP contribution is 2.16. The summed E-state index contributed by atoms with van der Waals surface area (Å²) in [6.07, 6.45) is 81.8. The second-order valence-electron chi connectivity index (χ2n) is 20.9. The van der Waals surface area contributed by atoms with Gasteiger partial charge in [-0.15, -0.1) is 0 Å². The first-order chi connectivity index (χ1) is 36.5. The molecule has 6 heteroatoms. The smallest absolute Gasteiger partial charge is 0.306 e. The lowest BCUT2D eigenvalue weighted by Gasteiger charge is -2.18. The first kappa shape index (κ1) is 70.6. The number of allylic oxidation sites excluding steroid dienone is 14. The Morgan fingerprint density at radius 3 is 0.824 bits per heavy atom. The Morgan fingerprint density at radius 2 is 0.527 bits per heavy atom. The number of unbranched alkanes of at least 4 members (excludes halogenated alkanes) is 32. The highest BCUT2D eigenvalue weighted by Gasteiger charge is 2.19. The fourth-order valence-corrected chi connectivity index (χ4v) is 8.91. The van der Waals surface area contributed by atoms with Gasteiger partial charge in [0, 0.05) is 19.3 Å². The molecule has 74 heavy (non-hydrogen) atoms. The van der Waals surface area contributed by atoms with Gasteiger partial charge in [-0.3, -0.25) is 14.4 Å². The number of hydrogen-bond acceptors (Lipinski definition) is 6. The minimum Gasteiger partial charge on any atom is -0.462 e. The van der Waals surface area contributed by atoms with E-state index in [9.17, 15) is 14.4 Å². The van der Waals surface area contributed by atoms with Crippen LogP contribution in [0.4, 0.5) is 0 Å². The molecule has 0 aromatic heterocycles. The van der Waals surface area contributed by atoms with Crippen LogP contribution in [-0.2, 0) is 28.6 Å². The molecule has 0 heterocycles. The van der Waals surface area contributed by atoms with E-state index < -0.39 is 6.10 Å². The van der Waals surface area contributed by atoms with Crippen LogP contribution < -0.4 is 0 Å². The number of ether oxygens (including phenoxy) is 3. The van der Waals surface area contributed by atoms with Gasteiger partial charge in [-0.05, 0) is 96.3 Å². The van der Waals surface area contributed by atoms with Gasteiger partial charge in [-0.25, -0.2) is 0 Å². The van der Waals surface area contributed by atoms with Crippen molar-refractivity contribution in [1.82, 2.24) is 0 Å². The van der Waals surface area contributed by atoms with E-state index in [1.165, 1.54) is 154 Å². The molecule has 0 saturated heterocycles. The Bertz CT molecular complexity index is 1420. The monoisotopic (exact) mass is 1030 g/mol. The Morgan fingerprint density at radius 1 is 0.284 bits per heavy atom. The lowest BCUT2D eigenvalue weighted by Crippen LogP contribution is -2.30. The summed E-state index contributed by atoms with van der Waals surface area (Å²) in [6, 6.07) is 0. The highest BCUT2D eigenvalue weighted by atomic mass is 16.6. The van der Waals surface area contributed by atoms with Crippen LogP contribution in [0.5, 0.6) is 0 Å². The summed E-state index contributed by atoms with van der Waals surface area (Å²) >= 11 is 0. The molecule has 1 atom stereocenters. The summed E-state index contributed by atoms with van der Waals surface area (Å²) in [5.74, 6) is -0.896. The van der Waals surface area contributed by atoms with Crippen LogP contribution in [0.25, 0.3) is 0 Å². The molecular weight excluding hydrogens is 913 g/mol. The molecule has 0 spiro atoms. The van der Waals surface area contributed by atoms with Crippen molar-refractivity contribution in [2.24, 2.45) is 0 Å². The van der Waals surface area contributed by atoms with Crippen molar-refractivity contribution in [3.63, 3.8) is 0 Å². The van der Waals surface area contributed by atoms with Crippen molar-refractivity contribution < 1.29 is 28.6 Å². The third kappa shape index (κ3) is 59.5. The van der Waals surface area contributed by atoms with Gasteiger partial charge in [0.15, 0.2) is 6.10 Å². The number of hydrogen-bond donors (Lipinski definition) is 0. The molecule has 0 saturated carbocycles. The Kier molecular flexibility index (Phi) is 59.3. The number of carbonyl (C=O) groups is 3. The highest BCUT2D eigenvalue weighted by molar-refractivity contribution is 5.71. The Labute approximate surface area is 458 Å². The van der Waals surface area contributed by atoms with Gasteiger partial charge in [-0.2, -0.15) is 0 Å². The molecule has 0 N–H and O–H groups in total. The van der Waals surface area contributed by atoms with Crippen LogP contribution in [0, 0.1) is 0 Å². The molecule has 0 rings (SSSR count). The maximum atomic E-state index is 12.9. The van der Waals surface area contributed by atoms with Crippen molar-refractivity contribution >= 4 is 17.9 Å². The predicted molar refractivity (Wildman–Crippen MR) is 321 cm³/mol. The molecule has 0 radical (unpaired) electrons. The Hall–Kier alpha value is -3.41. The zero-order valence-corrected chi connectivity index (χ0v) is 48.8. The summed E-state index contributed by atoms with van der Waals surface area (Å²) in [5.41, 5.74) is 0. The molecule has 0 fully saturated rings. The molecule has 0 aromatic carbocycles. The van der Waals surface area contributed by atoms with E-state index in [0.717, 1.165) is 116 Å². The third-order valence-corrected chi connectivity index (χ3v) is 13.6. The summed E-state index contributed by atoms with van der Waals surface area (Å²) in [7, 11) is 0. The lowest BCUT2D eigenvalue weighted by molar-refractivity contribution is -0.167. The second kappa shape index (κ2) is 62.1. The van der Waals surface area contributed by atoms with Gasteiger partial charge in [0.2, 0.25) is 0 Å². The molecule has 0 aromatic rings. The van der Waals surface area contributed by atoms with Crippen molar-refractivity contribution in [1.29, 1.82) is 0 Å². The van der Waals surface area contributed by atoms with Gasteiger partial charge in [0.25, 0.3) is 0 Å². The van der Waals surface area contributed by atoms with Crippen molar-refractivity contribution in [2.45, 2.75) is 316 Å². The topological polar surface area (TPSA) is 78.9 Å². The molecule has 0 amide bonds. The van der Waals surface area contributed by atoms with Gasteiger partial charge >= 0.3 is 17.9 Å². The van der Waals surface area contributed by atoms with Gasteiger partial charge in [0.1, 0.15) is 13.2 Å². The van der Waals surface area contributed by atoms with Crippen molar-refractivity contribution in [3.8, 4) is 0 Å². The zero-order chi connectivity index (χ0) is 53.6. The van der Waals surface area contributed by atoms with Crippen LogP contribution in [0.2, 0.25) is 0 Å². The Balaban J connectivity index is 4.18. The second-order valence-corrected chi connectivity index (χ2v) is 20.9. The molecule has 0 aliphatic carbocycles. The summed E-state index contributed by atoms with van der Waals surface area (Å²) in [6.45, 7) is 6.50. The SMILES string of the molecule is CC/C=C\C/C=C\C/C=C\C/C=C\C/C=C\CCCCCCCC(=O)OC(COC(=O)CCCCCCCCCC)COC(=O)CCCCCCCCCCCCCCCCC/C=C\C/C=C\CCCCCCC. The lowest BCUT2D eigenvalue weighted by atomic mass is 10.0. The molecule has 426 valence electrons. The largest absolute Gasteiger partial charge is 0.462 e. The minimum atomic E-state index is -0.785. The summed E-state index contributed by atoms with van der Waals surface area (Å²) in [5, 5.41) is 0. The molecule has 0 bridgehead atoms. The minimum absolute atomic E-state index is 0.0823. The van der Waals surface area contributed by atoms with Gasteiger partial charge in [-0.1, -0.05) is 279 Å². The molecular formula is C68H118O6. The predicted octanol–water partition coefficient (Wildman–Crippen LogP) is 21.5. The van der Waals surface area contributed by atoms with Crippen LogP contribution in [0.15, 0.2) is 85.1 Å². The first-order valence-corrected chi connectivity index (χ1v) is 31.6. The van der Waals surface area contributed by atoms with E-state index in [2.05, 4.69) is 106 Å². The number of esters is 3. The molecule has 1 unspecified atom stereocenters. The average molecular weight is 1030 g/mol. The first-order valence-electron chi connectivity index (χ1n) is 31.6. The fourth-order valence-electron chi connectivity index (χ4n) is 8.91. The number of rotatable bonds is 57. The fraction of sp³-hybridized carbons (Fsp3) is 0.750.